The Morgan fingerprint density at radius 3 is 2.68 bits per heavy atom. The Hall–Kier alpha value is -1.91. The number of nitrogens with one attached hydrogen (secondary N) is 1. The van der Waals surface area contributed by atoms with Crippen LogP contribution in [0.4, 0.5) is 4.39 Å². The lowest BCUT2D eigenvalue weighted by atomic mass is 9.98. The highest BCUT2D eigenvalue weighted by molar-refractivity contribution is 9.10. The second-order valence-corrected chi connectivity index (χ2v) is 6.07. The summed E-state index contributed by atoms with van der Waals surface area (Å²) >= 11 is 9.18. The van der Waals surface area contributed by atoms with E-state index in [4.69, 9.17) is 11.6 Å². The van der Waals surface area contributed by atoms with Crippen LogP contribution in [-0.4, -0.2) is 10.8 Å². The van der Waals surface area contributed by atoms with Crippen LogP contribution in [-0.2, 0) is 0 Å². The average molecular weight is 379 g/mol. The average Bonchev–Trinajstić information content (AvgIpc) is 2.98. The van der Waals surface area contributed by atoms with Gasteiger partial charge >= 0.3 is 0 Å². The Balaban J connectivity index is 2.05. The van der Waals surface area contributed by atoms with E-state index in [0.29, 0.717) is 22.3 Å². The van der Waals surface area contributed by atoms with Gasteiger partial charge in [0.05, 0.1) is 5.02 Å². The Kier molecular flexibility index (Phi) is 4.14. The molecule has 0 saturated heterocycles. The van der Waals surface area contributed by atoms with Crippen LogP contribution in [0.15, 0.2) is 59.3 Å². The summed E-state index contributed by atoms with van der Waals surface area (Å²) in [7, 11) is 0. The SMILES string of the molecule is O=C(c1cccc(Br)c1)c1c[nH]cc1-c1ccc(F)c(Cl)c1. The van der Waals surface area contributed by atoms with Crippen LogP contribution >= 0.6 is 27.5 Å². The van der Waals surface area contributed by atoms with Crippen molar-refractivity contribution in [3.63, 3.8) is 0 Å². The van der Waals surface area contributed by atoms with Gasteiger partial charge < -0.3 is 4.98 Å². The molecule has 110 valence electrons. The molecule has 0 atom stereocenters. The van der Waals surface area contributed by atoms with Crippen molar-refractivity contribution in [3.05, 3.63) is 81.3 Å². The third-order valence-corrected chi connectivity index (χ3v) is 4.09. The molecule has 0 radical (unpaired) electrons. The topological polar surface area (TPSA) is 32.9 Å². The van der Waals surface area contributed by atoms with Gasteiger partial charge in [-0.05, 0) is 29.8 Å². The second kappa shape index (κ2) is 6.07. The van der Waals surface area contributed by atoms with Gasteiger partial charge in [-0.15, -0.1) is 0 Å². The van der Waals surface area contributed by atoms with Gasteiger partial charge in [-0.25, -0.2) is 4.39 Å². The summed E-state index contributed by atoms with van der Waals surface area (Å²) in [6.45, 7) is 0. The first kappa shape index (κ1) is 15.0. The molecule has 22 heavy (non-hydrogen) atoms. The summed E-state index contributed by atoms with van der Waals surface area (Å²) in [4.78, 5) is 15.6. The fourth-order valence-corrected chi connectivity index (χ4v) is 2.82. The van der Waals surface area contributed by atoms with E-state index in [-0.39, 0.29) is 10.8 Å². The third-order valence-electron chi connectivity index (χ3n) is 3.31. The van der Waals surface area contributed by atoms with E-state index in [1.807, 2.05) is 6.07 Å². The molecule has 2 nitrogen and oxygen atoms in total. The molecule has 0 unspecified atom stereocenters. The molecule has 3 aromatic rings. The van der Waals surface area contributed by atoms with Crippen LogP contribution in [0, 0.1) is 5.82 Å². The van der Waals surface area contributed by atoms with E-state index in [0.717, 1.165) is 4.47 Å². The molecule has 0 aliphatic rings. The maximum Gasteiger partial charge on any atom is 0.195 e. The second-order valence-electron chi connectivity index (χ2n) is 4.75. The van der Waals surface area contributed by atoms with Crippen molar-refractivity contribution < 1.29 is 9.18 Å². The zero-order valence-electron chi connectivity index (χ0n) is 11.2. The van der Waals surface area contributed by atoms with Gasteiger partial charge in [0, 0.05) is 33.6 Å². The first-order valence-electron chi connectivity index (χ1n) is 6.49. The van der Waals surface area contributed by atoms with E-state index in [9.17, 15) is 9.18 Å². The van der Waals surface area contributed by atoms with E-state index in [1.165, 1.54) is 12.1 Å². The zero-order valence-corrected chi connectivity index (χ0v) is 13.6. The lowest BCUT2D eigenvalue weighted by Gasteiger charge is -2.05. The molecule has 1 aromatic heterocycles. The molecule has 0 spiro atoms. The van der Waals surface area contributed by atoms with Gasteiger partial charge in [0.1, 0.15) is 5.82 Å². The summed E-state index contributed by atoms with van der Waals surface area (Å²) in [6.07, 6.45) is 3.34. The van der Waals surface area contributed by atoms with Crippen molar-refractivity contribution in [1.82, 2.24) is 4.98 Å². The molecular weight excluding hydrogens is 369 g/mol. The molecular formula is C17H10BrClFNO. The van der Waals surface area contributed by atoms with Crippen LogP contribution in [0.2, 0.25) is 5.02 Å². The maximum absolute atomic E-state index is 13.3. The lowest BCUT2D eigenvalue weighted by molar-refractivity contribution is 0.103. The Morgan fingerprint density at radius 2 is 1.95 bits per heavy atom. The Bertz CT molecular complexity index is 859. The van der Waals surface area contributed by atoms with Crippen molar-refractivity contribution in [3.8, 4) is 11.1 Å². The minimum Gasteiger partial charge on any atom is -0.366 e. The molecule has 0 fully saturated rings. The standard InChI is InChI=1S/C17H10BrClFNO/c18-12-3-1-2-11(6-12)17(22)14-9-21-8-13(14)10-4-5-16(20)15(19)7-10/h1-9,21H. The van der Waals surface area contributed by atoms with Crippen molar-refractivity contribution in [2.24, 2.45) is 0 Å². The number of carbonyl (C=O) groups is 1. The Labute approximate surface area is 140 Å². The zero-order chi connectivity index (χ0) is 15.7. The van der Waals surface area contributed by atoms with Gasteiger partial charge in [0.25, 0.3) is 0 Å². The lowest BCUT2D eigenvalue weighted by Crippen LogP contribution is -2.01. The quantitative estimate of drug-likeness (QED) is 0.602. The van der Waals surface area contributed by atoms with Crippen LogP contribution in [0.25, 0.3) is 11.1 Å². The fraction of sp³-hybridized carbons (Fsp3) is 0. The molecule has 1 N–H and O–H groups in total. The highest BCUT2D eigenvalue weighted by atomic mass is 79.9. The van der Waals surface area contributed by atoms with Gasteiger partial charge in [0.15, 0.2) is 5.78 Å². The van der Waals surface area contributed by atoms with Crippen molar-refractivity contribution in [2.45, 2.75) is 0 Å². The van der Waals surface area contributed by atoms with Crippen LogP contribution in [0.1, 0.15) is 15.9 Å². The highest BCUT2D eigenvalue weighted by Gasteiger charge is 2.16. The van der Waals surface area contributed by atoms with E-state index >= 15 is 0 Å². The molecule has 0 aliphatic heterocycles. The monoisotopic (exact) mass is 377 g/mol. The van der Waals surface area contributed by atoms with Crippen molar-refractivity contribution in [2.75, 3.05) is 0 Å². The summed E-state index contributed by atoms with van der Waals surface area (Å²) < 4.78 is 14.1. The molecule has 0 bridgehead atoms. The smallest absolute Gasteiger partial charge is 0.195 e. The van der Waals surface area contributed by atoms with Gasteiger partial charge in [0.2, 0.25) is 0 Å². The molecule has 3 rings (SSSR count). The molecule has 0 aliphatic carbocycles. The number of halogens is 3. The fourth-order valence-electron chi connectivity index (χ4n) is 2.24. The minimum absolute atomic E-state index is 0.0274. The summed E-state index contributed by atoms with van der Waals surface area (Å²) in [5, 5.41) is 0.0274. The molecule has 1 heterocycles. The molecule has 0 saturated carbocycles. The summed E-state index contributed by atoms with van der Waals surface area (Å²) in [5.74, 6) is -0.598. The van der Waals surface area contributed by atoms with Gasteiger partial charge in [-0.3, -0.25) is 4.79 Å². The number of benzene rings is 2. The normalized spacial score (nSPS) is 10.7. The minimum atomic E-state index is -0.485. The predicted molar refractivity (Wildman–Crippen MR) is 88.8 cm³/mol. The Morgan fingerprint density at radius 1 is 1.14 bits per heavy atom. The number of hydrogen-bond acceptors (Lipinski definition) is 1. The number of carbonyl (C=O) groups excluding carboxylic acids is 1. The predicted octanol–water partition coefficient (Wildman–Crippen LogP) is 5.47. The van der Waals surface area contributed by atoms with Crippen LogP contribution in [0.5, 0.6) is 0 Å². The summed E-state index contributed by atoms with van der Waals surface area (Å²) in [6, 6.07) is 11.6. The molecule has 2 aromatic carbocycles. The highest BCUT2D eigenvalue weighted by Crippen LogP contribution is 2.29. The van der Waals surface area contributed by atoms with Gasteiger partial charge in [-0.2, -0.15) is 0 Å². The van der Waals surface area contributed by atoms with Crippen molar-refractivity contribution in [1.29, 1.82) is 0 Å². The van der Waals surface area contributed by atoms with Crippen LogP contribution < -0.4 is 0 Å². The molecule has 5 heteroatoms. The van der Waals surface area contributed by atoms with E-state index in [1.54, 1.807) is 36.7 Å². The van der Waals surface area contributed by atoms with E-state index in [2.05, 4.69) is 20.9 Å². The number of aromatic amines is 1. The third kappa shape index (κ3) is 2.85. The molecule has 0 amide bonds. The first-order chi connectivity index (χ1) is 10.6. The van der Waals surface area contributed by atoms with Crippen molar-refractivity contribution >= 4 is 33.3 Å². The number of rotatable bonds is 3. The number of hydrogen-bond donors (Lipinski definition) is 1. The number of aromatic nitrogens is 1. The summed E-state index contributed by atoms with van der Waals surface area (Å²) in [5.41, 5.74) is 2.46. The number of ketones is 1. The maximum atomic E-state index is 13.3. The largest absolute Gasteiger partial charge is 0.366 e. The number of H-pyrrole nitrogens is 1. The van der Waals surface area contributed by atoms with Crippen LogP contribution in [0.3, 0.4) is 0 Å². The first-order valence-corrected chi connectivity index (χ1v) is 7.66. The van der Waals surface area contributed by atoms with Gasteiger partial charge in [-0.1, -0.05) is 45.7 Å². The van der Waals surface area contributed by atoms with E-state index < -0.39 is 5.82 Å².